The molecule has 144 valence electrons. The third kappa shape index (κ3) is 4.11. The van der Waals surface area contributed by atoms with Crippen LogP contribution in [0, 0.1) is 0 Å². The van der Waals surface area contributed by atoms with Gasteiger partial charge in [0.1, 0.15) is 5.69 Å². The summed E-state index contributed by atoms with van der Waals surface area (Å²) in [4.78, 5) is 27.2. The summed E-state index contributed by atoms with van der Waals surface area (Å²) < 4.78 is 6.29. The number of hydrogen-bond donors (Lipinski definition) is 0. The molecule has 0 atom stereocenters. The minimum absolute atomic E-state index is 0.0956. The highest BCUT2D eigenvalue weighted by atomic mass is 16.5. The first-order valence-corrected chi connectivity index (χ1v) is 9.26. The molecule has 0 fully saturated rings. The lowest BCUT2D eigenvalue weighted by Gasteiger charge is -2.23. The highest BCUT2D eigenvalue weighted by Gasteiger charge is 2.25. The van der Waals surface area contributed by atoms with E-state index < -0.39 is 5.97 Å². The summed E-state index contributed by atoms with van der Waals surface area (Å²) in [7, 11) is 1.29. The van der Waals surface area contributed by atoms with Gasteiger partial charge in [-0.2, -0.15) is 5.10 Å². The van der Waals surface area contributed by atoms with Crippen molar-refractivity contribution < 1.29 is 14.3 Å². The lowest BCUT2D eigenvalue weighted by atomic mass is 10.2. The van der Waals surface area contributed by atoms with Crippen molar-refractivity contribution in [1.82, 2.24) is 9.78 Å². The lowest BCUT2D eigenvalue weighted by Crippen LogP contribution is -2.33. The van der Waals surface area contributed by atoms with Crippen LogP contribution in [0.15, 0.2) is 66.7 Å². The summed E-state index contributed by atoms with van der Waals surface area (Å²) in [6, 6.07) is 20.3. The van der Waals surface area contributed by atoms with Crippen molar-refractivity contribution in [1.29, 1.82) is 0 Å². The Labute approximate surface area is 164 Å². The average molecular weight is 377 g/mol. The van der Waals surface area contributed by atoms with Gasteiger partial charge in [0.25, 0.3) is 5.91 Å². The molecular weight excluding hydrogens is 354 g/mol. The number of methoxy groups -OCH3 is 1. The Morgan fingerprint density at radius 2 is 1.68 bits per heavy atom. The molecule has 0 saturated carbocycles. The lowest BCUT2D eigenvalue weighted by molar-refractivity contribution is 0.0593. The van der Waals surface area contributed by atoms with Gasteiger partial charge in [-0.1, -0.05) is 49.7 Å². The topological polar surface area (TPSA) is 64.4 Å². The molecular formula is C22H23N3O3. The van der Waals surface area contributed by atoms with Crippen LogP contribution in [0.25, 0.3) is 5.69 Å². The molecule has 1 heterocycles. The predicted octanol–water partition coefficient (Wildman–Crippen LogP) is 4.11. The molecule has 0 N–H and O–H groups in total. The molecule has 0 aliphatic carbocycles. The van der Waals surface area contributed by atoms with E-state index in [9.17, 15) is 9.59 Å². The van der Waals surface area contributed by atoms with Gasteiger partial charge in [0.05, 0.1) is 12.8 Å². The minimum Gasteiger partial charge on any atom is -0.464 e. The van der Waals surface area contributed by atoms with Crippen LogP contribution in [0.4, 0.5) is 5.69 Å². The number of hydrogen-bond acceptors (Lipinski definition) is 4. The number of carbonyl (C=O) groups excluding carboxylic acids is 2. The number of ether oxygens (including phenoxy) is 1. The van der Waals surface area contributed by atoms with Crippen LogP contribution in [0.2, 0.25) is 0 Å². The fourth-order valence-electron chi connectivity index (χ4n) is 2.91. The van der Waals surface area contributed by atoms with E-state index in [0.717, 1.165) is 18.5 Å². The van der Waals surface area contributed by atoms with Gasteiger partial charge >= 0.3 is 5.97 Å². The van der Waals surface area contributed by atoms with Gasteiger partial charge in [-0.25, -0.2) is 9.48 Å². The van der Waals surface area contributed by atoms with Crippen LogP contribution in [0.5, 0.6) is 0 Å². The first-order chi connectivity index (χ1) is 13.7. The van der Waals surface area contributed by atoms with Crippen LogP contribution >= 0.6 is 0 Å². The SMILES string of the molecule is CCCCN(C(=O)c1cc(C(=O)OC)nn1-c1ccccc1)c1ccccc1. The van der Waals surface area contributed by atoms with Crippen LogP contribution < -0.4 is 4.90 Å². The van der Waals surface area contributed by atoms with Crippen molar-refractivity contribution in [2.75, 3.05) is 18.6 Å². The number of para-hydroxylation sites is 2. The van der Waals surface area contributed by atoms with Crippen LogP contribution in [-0.2, 0) is 4.74 Å². The summed E-state index contributed by atoms with van der Waals surface area (Å²) in [5.74, 6) is -0.797. The molecule has 1 aromatic heterocycles. The summed E-state index contributed by atoms with van der Waals surface area (Å²) in [5, 5.41) is 4.32. The summed E-state index contributed by atoms with van der Waals surface area (Å²) in [6.45, 7) is 2.66. The second-order valence-corrected chi connectivity index (χ2v) is 6.30. The van der Waals surface area contributed by atoms with Crippen molar-refractivity contribution in [2.45, 2.75) is 19.8 Å². The molecule has 0 unspecified atom stereocenters. The van der Waals surface area contributed by atoms with Gasteiger partial charge in [0.15, 0.2) is 5.69 Å². The molecule has 0 saturated heterocycles. The molecule has 3 rings (SSSR count). The van der Waals surface area contributed by atoms with Gasteiger partial charge < -0.3 is 9.64 Å². The van der Waals surface area contributed by atoms with Crippen molar-refractivity contribution in [3.63, 3.8) is 0 Å². The smallest absolute Gasteiger partial charge is 0.358 e. The molecule has 0 radical (unpaired) electrons. The standard InChI is InChI=1S/C22H23N3O3/c1-3-4-15-24(17-11-7-5-8-12-17)21(26)20-16-19(22(27)28-2)23-25(20)18-13-9-6-10-14-18/h5-14,16H,3-4,15H2,1-2H3. The predicted molar refractivity (Wildman–Crippen MR) is 108 cm³/mol. The first-order valence-electron chi connectivity index (χ1n) is 9.26. The number of aromatic nitrogens is 2. The highest BCUT2D eigenvalue weighted by Crippen LogP contribution is 2.21. The Morgan fingerprint density at radius 1 is 1.04 bits per heavy atom. The van der Waals surface area contributed by atoms with Crippen LogP contribution in [-0.4, -0.2) is 35.3 Å². The van der Waals surface area contributed by atoms with Gasteiger partial charge in [0, 0.05) is 18.3 Å². The van der Waals surface area contributed by atoms with Crippen LogP contribution in [0.1, 0.15) is 40.7 Å². The Kier molecular flexibility index (Phi) is 6.22. The van der Waals surface area contributed by atoms with E-state index in [4.69, 9.17) is 4.74 Å². The van der Waals surface area contributed by atoms with Gasteiger partial charge in [-0.3, -0.25) is 4.79 Å². The Morgan fingerprint density at radius 3 is 2.29 bits per heavy atom. The normalized spacial score (nSPS) is 10.5. The Hall–Kier alpha value is -3.41. The van der Waals surface area contributed by atoms with Crippen LogP contribution in [0.3, 0.4) is 0 Å². The number of nitrogens with zero attached hydrogens (tertiary/aromatic N) is 3. The van der Waals surface area contributed by atoms with Gasteiger partial charge in [0.2, 0.25) is 0 Å². The molecule has 6 nitrogen and oxygen atoms in total. The number of anilines is 1. The monoisotopic (exact) mass is 377 g/mol. The van der Waals surface area contributed by atoms with Crippen molar-refractivity contribution >= 4 is 17.6 Å². The second kappa shape index (κ2) is 8.99. The van der Waals surface area contributed by atoms with E-state index in [1.807, 2.05) is 60.7 Å². The maximum absolute atomic E-state index is 13.5. The quantitative estimate of drug-likeness (QED) is 0.582. The molecule has 1 amide bonds. The van der Waals surface area contributed by atoms with E-state index >= 15 is 0 Å². The molecule has 2 aromatic carbocycles. The van der Waals surface area contributed by atoms with E-state index in [1.54, 1.807) is 4.90 Å². The summed E-state index contributed by atoms with van der Waals surface area (Å²) in [5.41, 5.74) is 1.91. The summed E-state index contributed by atoms with van der Waals surface area (Å²) in [6.07, 6.45) is 1.83. The van der Waals surface area contributed by atoms with Crippen molar-refractivity contribution in [2.24, 2.45) is 0 Å². The molecule has 0 spiro atoms. The van der Waals surface area contributed by atoms with Gasteiger partial charge in [-0.05, 0) is 30.7 Å². The first kappa shape index (κ1) is 19.4. The van der Waals surface area contributed by atoms with E-state index in [2.05, 4.69) is 12.0 Å². The maximum atomic E-state index is 13.5. The number of unbranched alkanes of at least 4 members (excludes halogenated alkanes) is 1. The van der Waals surface area contributed by atoms with E-state index in [0.29, 0.717) is 17.9 Å². The molecule has 28 heavy (non-hydrogen) atoms. The Balaban J connectivity index is 2.07. The molecule has 0 aliphatic rings. The number of amides is 1. The highest BCUT2D eigenvalue weighted by molar-refractivity contribution is 6.06. The third-order valence-corrected chi connectivity index (χ3v) is 4.37. The van der Waals surface area contributed by atoms with Crippen molar-refractivity contribution in [3.8, 4) is 5.69 Å². The molecule has 0 bridgehead atoms. The number of rotatable bonds is 7. The fourth-order valence-corrected chi connectivity index (χ4v) is 2.91. The van der Waals surface area contributed by atoms with Crippen molar-refractivity contribution in [3.05, 3.63) is 78.1 Å². The zero-order valence-electron chi connectivity index (χ0n) is 16.0. The maximum Gasteiger partial charge on any atom is 0.358 e. The third-order valence-electron chi connectivity index (χ3n) is 4.37. The molecule has 6 heteroatoms. The Bertz CT molecular complexity index is 936. The van der Waals surface area contributed by atoms with E-state index in [-0.39, 0.29) is 11.6 Å². The zero-order valence-corrected chi connectivity index (χ0v) is 16.0. The van der Waals surface area contributed by atoms with Gasteiger partial charge in [-0.15, -0.1) is 0 Å². The second-order valence-electron chi connectivity index (χ2n) is 6.30. The zero-order chi connectivity index (χ0) is 19.9. The average Bonchev–Trinajstić information content (AvgIpc) is 3.20. The minimum atomic E-state index is -0.580. The molecule has 0 aliphatic heterocycles. The fraction of sp³-hybridized carbons (Fsp3) is 0.227. The number of esters is 1. The molecule has 3 aromatic rings. The largest absolute Gasteiger partial charge is 0.464 e. The number of benzene rings is 2. The summed E-state index contributed by atoms with van der Waals surface area (Å²) >= 11 is 0. The van der Waals surface area contributed by atoms with E-state index in [1.165, 1.54) is 17.9 Å². The number of carbonyl (C=O) groups is 2.